The van der Waals surface area contributed by atoms with Gasteiger partial charge in [-0.3, -0.25) is 0 Å². The Kier molecular flexibility index (Phi) is 4.17. The molecule has 0 heterocycles. The lowest BCUT2D eigenvalue weighted by molar-refractivity contribution is 0.253. The van der Waals surface area contributed by atoms with Crippen molar-refractivity contribution in [2.75, 3.05) is 0 Å². The maximum Gasteiger partial charge on any atom is 0.286 e. The van der Waals surface area contributed by atoms with Crippen LogP contribution in [-0.2, 0) is 22.7 Å². The van der Waals surface area contributed by atoms with Crippen molar-refractivity contribution in [3.63, 3.8) is 0 Å². The molecule has 1 rings (SSSR count). The Balaban J connectivity index is 2.91. The van der Waals surface area contributed by atoms with Crippen LogP contribution < -0.4 is 0 Å². The highest BCUT2D eigenvalue weighted by molar-refractivity contribution is 5.39. The Hall–Kier alpha value is -2.20. The van der Waals surface area contributed by atoms with Crippen molar-refractivity contribution in [1.29, 1.82) is 10.5 Å². The van der Waals surface area contributed by atoms with E-state index < -0.39 is 0 Å². The number of nitrogens with zero attached hydrogens (tertiary/aromatic N) is 2. The molecule has 0 bridgehead atoms. The maximum absolute atomic E-state index is 8.33. The third kappa shape index (κ3) is 2.65. The van der Waals surface area contributed by atoms with Crippen LogP contribution in [0.4, 0.5) is 0 Å². The van der Waals surface area contributed by atoms with E-state index in [0.717, 1.165) is 22.3 Å². The summed E-state index contributed by atoms with van der Waals surface area (Å²) in [6, 6.07) is 3.77. The molecule has 0 N–H and O–H groups in total. The summed E-state index contributed by atoms with van der Waals surface area (Å²) in [7, 11) is 0. The lowest BCUT2D eigenvalue weighted by Crippen LogP contribution is -1.99. The molecule has 0 aliphatic rings. The van der Waals surface area contributed by atoms with E-state index in [1.54, 1.807) is 12.5 Å². The highest BCUT2D eigenvalue weighted by Gasteiger charge is 2.07. The lowest BCUT2D eigenvalue weighted by atomic mass is 9.99. The molecule has 0 unspecified atom stereocenters. The zero-order chi connectivity index (χ0) is 12.0. The molecule has 82 valence electrons. The van der Waals surface area contributed by atoms with Gasteiger partial charge in [0, 0.05) is 0 Å². The minimum absolute atomic E-state index is 0.280. The van der Waals surface area contributed by atoms with Gasteiger partial charge < -0.3 is 9.47 Å². The van der Waals surface area contributed by atoms with Gasteiger partial charge in [-0.2, -0.15) is 10.5 Å². The smallest absolute Gasteiger partial charge is 0.286 e. The molecule has 0 aromatic heterocycles. The molecule has 0 atom stereocenters. The molecule has 16 heavy (non-hydrogen) atoms. The first-order valence-corrected chi connectivity index (χ1v) is 4.80. The van der Waals surface area contributed by atoms with E-state index in [1.165, 1.54) is 0 Å². The van der Waals surface area contributed by atoms with Crippen LogP contribution in [-0.4, -0.2) is 0 Å². The summed E-state index contributed by atoms with van der Waals surface area (Å²) in [5, 5.41) is 16.7. The Morgan fingerprint density at radius 3 is 1.62 bits per heavy atom. The van der Waals surface area contributed by atoms with E-state index in [0.29, 0.717) is 0 Å². The zero-order valence-electron chi connectivity index (χ0n) is 9.28. The highest BCUT2D eigenvalue weighted by atomic mass is 16.5. The number of benzene rings is 1. The van der Waals surface area contributed by atoms with Crippen LogP contribution in [0.1, 0.15) is 22.3 Å². The fourth-order valence-electron chi connectivity index (χ4n) is 1.47. The van der Waals surface area contributed by atoms with E-state index in [1.807, 2.05) is 26.0 Å². The van der Waals surface area contributed by atoms with Crippen LogP contribution in [0, 0.1) is 36.9 Å². The van der Waals surface area contributed by atoms with Gasteiger partial charge in [0.05, 0.1) is 0 Å². The second-order valence-electron chi connectivity index (χ2n) is 3.39. The van der Waals surface area contributed by atoms with Gasteiger partial charge in [0.15, 0.2) is 0 Å². The fourth-order valence-corrected chi connectivity index (χ4v) is 1.47. The van der Waals surface area contributed by atoms with Crippen LogP contribution in [0.15, 0.2) is 12.1 Å². The number of nitriles is 2. The SMILES string of the molecule is Cc1c(COC#N)ccc(COC#N)c1C. The summed E-state index contributed by atoms with van der Waals surface area (Å²) in [5.41, 5.74) is 4.07. The van der Waals surface area contributed by atoms with Crippen molar-refractivity contribution >= 4 is 0 Å². The van der Waals surface area contributed by atoms with Crippen LogP contribution in [0.25, 0.3) is 0 Å². The van der Waals surface area contributed by atoms with Crippen molar-refractivity contribution < 1.29 is 9.47 Å². The zero-order valence-corrected chi connectivity index (χ0v) is 9.28. The van der Waals surface area contributed by atoms with Gasteiger partial charge in [0.25, 0.3) is 12.5 Å². The second kappa shape index (κ2) is 5.63. The molecule has 0 spiro atoms. The van der Waals surface area contributed by atoms with Gasteiger partial charge in [-0.25, -0.2) is 0 Å². The van der Waals surface area contributed by atoms with E-state index in [-0.39, 0.29) is 13.2 Å². The molecule has 0 saturated heterocycles. The van der Waals surface area contributed by atoms with Crippen LogP contribution in [0.3, 0.4) is 0 Å². The summed E-state index contributed by atoms with van der Waals surface area (Å²) in [4.78, 5) is 0. The molecule has 0 aliphatic heterocycles. The Bertz CT molecular complexity index is 412. The average molecular weight is 216 g/mol. The molecule has 0 radical (unpaired) electrons. The lowest BCUT2D eigenvalue weighted by Gasteiger charge is -2.11. The molecule has 0 saturated carbocycles. The molecule has 1 aromatic rings. The molecule has 0 aliphatic carbocycles. The van der Waals surface area contributed by atoms with Crippen molar-refractivity contribution in [3.05, 3.63) is 34.4 Å². The van der Waals surface area contributed by atoms with Crippen molar-refractivity contribution in [3.8, 4) is 12.5 Å². The predicted molar refractivity (Wildman–Crippen MR) is 56.7 cm³/mol. The minimum Gasteiger partial charge on any atom is -0.423 e. The first-order valence-electron chi connectivity index (χ1n) is 4.80. The predicted octanol–water partition coefficient (Wildman–Crippen LogP) is 2.30. The fraction of sp³-hybridized carbons (Fsp3) is 0.333. The van der Waals surface area contributed by atoms with Gasteiger partial charge in [-0.05, 0) is 36.1 Å². The Labute approximate surface area is 94.6 Å². The first-order chi connectivity index (χ1) is 7.70. The van der Waals surface area contributed by atoms with Crippen LogP contribution >= 0.6 is 0 Å². The molecular weight excluding hydrogens is 204 g/mol. The third-order valence-electron chi connectivity index (χ3n) is 2.60. The molecule has 0 amide bonds. The summed E-state index contributed by atoms with van der Waals surface area (Å²) >= 11 is 0. The third-order valence-corrected chi connectivity index (χ3v) is 2.60. The summed E-state index contributed by atoms with van der Waals surface area (Å²) in [6.07, 6.45) is 3.29. The number of hydrogen-bond donors (Lipinski definition) is 0. The van der Waals surface area contributed by atoms with E-state index in [9.17, 15) is 0 Å². The standard InChI is InChI=1S/C12H12N2O2/c1-9-10(2)12(6-16-8-14)4-3-11(9)5-15-7-13/h3-4H,5-6H2,1-2H3. The summed E-state index contributed by atoms with van der Waals surface area (Å²) < 4.78 is 9.40. The van der Waals surface area contributed by atoms with Gasteiger partial charge >= 0.3 is 0 Å². The normalized spacial score (nSPS) is 9.00. The number of ether oxygens (including phenoxy) is 2. The number of hydrogen-bond acceptors (Lipinski definition) is 4. The Morgan fingerprint density at radius 1 is 0.938 bits per heavy atom. The molecule has 4 nitrogen and oxygen atoms in total. The molecular formula is C12H12N2O2. The van der Waals surface area contributed by atoms with Gasteiger partial charge in [-0.1, -0.05) is 12.1 Å². The highest BCUT2D eigenvalue weighted by Crippen LogP contribution is 2.19. The monoisotopic (exact) mass is 216 g/mol. The summed E-state index contributed by atoms with van der Waals surface area (Å²) in [5.74, 6) is 0. The molecule has 4 heteroatoms. The van der Waals surface area contributed by atoms with E-state index in [4.69, 9.17) is 20.0 Å². The first kappa shape index (κ1) is 11.9. The number of rotatable bonds is 4. The van der Waals surface area contributed by atoms with Gasteiger partial charge in [-0.15, -0.1) is 0 Å². The van der Waals surface area contributed by atoms with Crippen molar-refractivity contribution in [2.45, 2.75) is 27.1 Å². The van der Waals surface area contributed by atoms with Crippen LogP contribution in [0.5, 0.6) is 0 Å². The molecule has 1 aromatic carbocycles. The van der Waals surface area contributed by atoms with Crippen LogP contribution in [0.2, 0.25) is 0 Å². The average Bonchev–Trinajstić information content (AvgIpc) is 2.30. The van der Waals surface area contributed by atoms with E-state index >= 15 is 0 Å². The quantitative estimate of drug-likeness (QED) is 0.724. The van der Waals surface area contributed by atoms with Gasteiger partial charge in [0.1, 0.15) is 13.2 Å². The second-order valence-corrected chi connectivity index (χ2v) is 3.39. The largest absolute Gasteiger partial charge is 0.423 e. The van der Waals surface area contributed by atoms with Gasteiger partial charge in [0.2, 0.25) is 0 Å². The Morgan fingerprint density at radius 2 is 1.31 bits per heavy atom. The minimum atomic E-state index is 0.280. The topological polar surface area (TPSA) is 66.0 Å². The maximum atomic E-state index is 8.33. The van der Waals surface area contributed by atoms with Crippen molar-refractivity contribution in [1.82, 2.24) is 0 Å². The summed E-state index contributed by atoms with van der Waals surface area (Å²) in [6.45, 7) is 4.48. The van der Waals surface area contributed by atoms with E-state index in [2.05, 4.69) is 0 Å². The molecule has 0 fully saturated rings. The van der Waals surface area contributed by atoms with Crippen molar-refractivity contribution in [2.24, 2.45) is 0 Å².